The summed E-state index contributed by atoms with van der Waals surface area (Å²) in [4.78, 5) is 22.5. The van der Waals surface area contributed by atoms with Crippen LogP contribution in [0.15, 0.2) is 23.1 Å². The van der Waals surface area contributed by atoms with Crippen LogP contribution in [0.2, 0.25) is 5.02 Å². The lowest BCUT2D eigenvalue weighted by Gasteiger charge is -2.22. The highest BCUT2D eigenvalue weighted by atomic mass is 35.5. The van der Waals surface area contributed by atoms with Gasteiger partial charge in [-0.3, -0.25) is 14.9 Å². The quantitative estimate of drug-likeness (QED) is 0.804. The molecule has 1 atom stereocenters. The van der Waals surface area contributed by atoms with Gasteiger partial charge in [0, 0.05) is 6.42 Å². The molecule has 1 saturated heterocycles. The van der Waals surface area contributed by atoms with Crippen molar-refractivity contribution in [2.24, 2.45) is 0 Å². The van der Waals surface area contributed by atoms with Crippen molar-refractivity contribution in [3.05, 3.63) is 28.8 Å². The summed E-state index contributed by atoms with van der Waals surface area (Å²) in [5, 5.41) is 2.21. The maximum Gasteiger partial charge on any atom is 0.244 e. The van der Waals surface area contributed by atoms with E-state index in [1.807, 2.05) is 0 Å². The number of carbonyl (C=O) groups excluding carboxylic acids is 2. The second-order valence-electron chi connectivity index (χ2n) is 4.51. The van der Waals surface area contributed by atoms with E-state index in [2.05, 4.69) is 10.0 Å². The number of nitrogens with one attached hydrogen (secondary N) is 2. The molecule has 0 aromatic heterocycles. The van der Waals surface area contributed by atoms with Crippen LogP contribution in [0.3, 0.4) is 0 Å². The fourth-order valence-corrected chi connectivity index (χ4v) is 3.70. The molecule has 8 heteroatoms. The predicted molar refractivity (Wildman–Crippen MR) is 72.7 cm³/mol. The molecule has 2 amide bonds. The number of amides is 2. The highest BCUT2D eigenvalue weighted by Gasteiger charge is 2.31. The Hall–Kier alpha value is -1.44. The van der Waals surface area contributed by atoms with Crippen molar-refractivity contribution in [3.8, 4) is 0 Å². The smallest absolute Gasteiger partial charge is 0.244 e. The molecule has 108 valence electrons. The molecule has 2 N–H and O–H groups in total. The third kappa shape index (κ3) is 3.00. The Morgan fingerprint density at radius 2 is 2.05 bits per heavy atom. The lowest BCUT2D eigenvalue weighted by Crippen LogP contribution is -2.52. The SMILES string of the molecule is Cc1cccc(S(=O)(=O)NC2CCC(=O)NC2=O)c1Cl. The number of aryl methyl sites for hydroxylation is 1. The minimum Gasteiger partial charge on any atom is -0.295 e. The molecule has 1 aromatic rings. The van der Waals surface area contributed by atoms with E-state index >= 15 is 0 Å². The number of piperidine rings is 1. The highest BCUT2D eigenvalue weighted by Crippen LogP contribution is 2.25. The molecular formula is C12H13ClN2O4S. The molecule has 1 heterocycles. The van der Waals surface area contributed by atoms with E-state index in [4.69, 9.17) is 11.6 Å². The summed E-state index contributed by atoms with van der Waals surface area (Å²) in [6.45, 7) is 1.69. The summed E-state index contributed by atoms with van der Waals surface area (Å²) in [6.07, 6.45) is 0.230. The second-order valence-corrected chi connectivity index (χ2v) is 6.57. The highest BCUT2D eigenvalue weighted by molar-refractivity contribution is 7.89. The first-order valence-corrected chi connectivity index (χ1v) is 7.78. The number of benzene rings is 1. The summed E-state index contributed by atoms with van der Waals surface area (Å²) in [6, 6.07) is 3.66. The normalized spacial score (nSPS) is 19.8. The van der Waals surface area contributed by atoms with E-state index in [1.54, 1.807) is 19.1 Å². The van der Waals surface area contributed by atoms with Crippen molar-refractivity contribution in [3.63, 3.8) is 0 Å². The summed E-state index contributed by atoms with van der Waals surface area (Å²) in [5.41, 5.74) is 0.623. The van der Waals surface area contributed by atoms with Gasteiger partial charge in [-0.05, 0) is 25.0 Å². The third-order valence-electron chi connectivity index (χ3n) is 2.98. The van der Waals surface area contributed by atoms with Crippen LogP contribution in [0.5, 0.6) is 0 Å². The summed E-state index contributed by atoms with van der Waals surface area (Å²) in [7, 11) is -3.92. The molecule has 6 nitrogen and oxygen atoms in total. The summed E-state index contributed by atoms with van der Waals surface area (Å²) >= 11 is 5.98. The van der Waals surface area contributed by atoms with E-state index in [9.17, 15) is 18.0 Å². The van der Waals surface area contributed by atoms with Crippen LogP contribution >= 0.6 is 11.6 Å². The van der Waals surface area contributed by atoms with Crippen molar-refractivity contribution < 1.29 is 18.0 Å². The number of carbonyl (C=O) groups is 2. The van der Waals surface area contributed by atoms with Crippen LogP contribution in [-0.4, -0.2) is 26.3 Å². The molecule has 1 unspecified atom stereocenters. The Labute approximate surface area is 121 Å². The number of hydrogen-bond acceptors (Lipinski definition) is 4. The minimum atomic E-state index is -3.92. The Morgan fingerprint density at radius 1 is 1.35 bits per heavy atom. The fraction of sp³-hybridized carbons (Fsp3) is 0.333. The molecule has 1 fully saturated rings. The zero-order valence-electron chi connectivity index (χ0n) is 10.6. The zero-order valence-corrected chi connectivity index (χ0v) is 12.2. The van der Waals surface area contributed by atoms with Gasteiger partial charge in [-0.15, -0.1) is 0 Å². The Kier molecular flexibility index (Phi) is 4.12. The third-order valence-corrected chi connectivity index (χ3v) is 5.11. The first kappa shape index (κ1) is 15.0. The van der Waals surface area contributed by atoms with Crippen molar-refractivity contribution >= 4 is 33.4 Å². The van der Waals surface area contributed by atoms with Gasteiger partial charge in [0.1, 0.15) is 10.9 Å². The molecular weight excluding hydrogens is 304 g/mol. The van der Waals surface area contributed by atoms with Crippen LogP contribution in [0, 0.1) is 6.92 Å². The molecule has 1 aromatic carbocycles. The van der Waals surface area contributed by atoms with E-state index in [0.29, 0.717) is 5.56 Å². The average molecular weight is 317 g/mol. The van der Waals surface area contributed by atoms with Crippen LogP contribution in [0.25, 0.3) is 0 Å². The largest absolute Gasteiger partial charge is 0.295 e. The predicted octanol–water partition coefficient (Wildman–Crippen LogP) is 0.732. The van der Waals surface area contributed by atoms with Gasteiger partial charge in [0.2, 0.25) is 21.8 Å². The monoisotopic (exact) mass is 316 g/mol. The minimum absolute atomic E-state index is 0.0798. The molecule has 0 aliphatic carbocycles. The van der Waals surface area contributed by atoms with E-state index in [1.165, 1.54) is 6.07 Å². The van der Waals surface area contributed by atoms with Crippen molar-refractivity contribution in [1.29, 1.82) is 0 Å². The van der Waals surface area contributed by atoms with Crippen LogP contribution in [-0.2, 0) is 19.6 Å². The zero-order chi connectivity index (χ0) is 14.9. The van der Waals surface area contributed by atoms with Gasteiger partial charge in [-0.1, -0.05) is 23.7 Å². The molecule has 0 bridgehead atoms. The van der Waals surface area contributed by atoms with Gasteiger partial charge in [0.05, 0.1) is 5.02 Å². The van der Waals surface area contributed by atoms with E-state index < -0.39 is 27.9 Å². The molecule has 0 saturated carbocycles. The van der Waals surface area contributed by atoms with Gasteiger partial charge in [-0.2, -0.15) is 4.72 Å². The lowest BCUT2D eigenvalue weighted by atomic mass is 10.1. The first-order chi connectivity index (χ1) is 9.31. The number of hydrogen-bond donors (Lipinski definition) is 2. The molecule has 1 aliphatic heterocycles. The van der Waals surface area contributed by atoms with E-state index in [0.717, 1.165) is 0 Å². The second kappa shape index (κ2) is 5.51. The van der Waals surface area contributed by atoms with E-state index in [-0.39, 0.29) is 22.8 Å². The summed E-state index contributed by atoms with van der Waals surface area (Å²) in [5.74, 6) is -1.05. The Morgan fingerprint density at radius 3 is 2.70 bits per heavy atom. The molecule has 20 heavy (non-hydrogen) atoms. The van der Waals surface area contributed by atoms with Gasteiger partial charge in [0.25, 0.3) is 0 Å². The number of imide groups is 1. The van der Waals surface area contributed by atoms with Gasteiger partial charge in [0.15, 0.2) is 0 Å². The van der Waals surface area contributed by atoms with Crippen LogP contribution < -0.4 is 10.0 Å². The van der Waals surface area contributed by atoms with Crippen LogP contribution in [0.4, 0.5) is 0 Å². The maximum absolute atomic E-state index is 12.2. The van der Waals surface area contributed by atoms with Crippen molar-refractivity contribution in [2.45, 2.75) is 30.7 Å². The van der Waals surface area contributed by atoms with Crippen molar-refractivity contribution in [1.82, 2.24) is 10.0 Å². The van der Waals surface area contributed by atoms with Gasteiger partial charge >= 0.3 is 0 Å². The van der Waals surface area contributed by atoms with Crippen molar-refractivity contribution in [2.75, 3.05) is 0 Å². The Balaban J connectivity index is 2.26. The molecule has 2 rings (SSSR count). The number of sulfonamides is 1. The van der Waals surface area contributed by atoms with Gasteiger partial charge < -0.3 is 0 Å². The lowest BCUT2D eigenvalue weighted by molar-refractivity contribution is -0.134. The Bertz CT molecular complexity index is 672. The van der Waals surface area contributed by atoms with Crippen LogP contribution in [0.1, 0.15) is 18.4 Å². The standard InChI is InChI=1S/C12H13ClN2O4S/c1-7-3-2-4-9(11(7)13)20(18,19)15-8-5-6-10(16)14-12(8)17/h2-4,8,15H,5-6H2,1H3,(H,14,16,17). The number of halogens is 1. The van der Waals surface area contributed by atoms with Gasteiger partial charge in [-0.25, -0.2) is 8.42 Å². The first-order valence-electron chi connectivity index (χ1n) is 5.92. The molecule has 0 spiro atoms. The fourth-order valence-electron chi connectivity index (χ4n) is 1.88. The summed E-state index contributed by atoms with van der Waals surface area (Å²) < 4.78 is 26.8. The average Bonchev–Trinajstić information content (AvgIpc) is 2.36. The molecule has 0 radical (unpaired) electrons. The topological polar surface area (TPSA) is 92.3 Å². The molecule has 1 aliphatic rings. The maximum atomic E-state index is 12.2. The number of rotatable bonds is 3.